The van der Waals surface area contributed by atoms with Crippen molar-refractivity contribution < 1.29 is 4.58 Å². The SMILES string of the molecule is [13CH3]CCCC=[N+]([13CH3])[13CH3]. The van der Waals surface area contributed by atoms with Crippen LogP contribution in [0.4, 0.5) is 0 Å². The molecule has 0 aromatic carbocycles. The molecular weight excluding hydrogens is 101 g/mol. The quantitative estimate of drug-likeness (QED) is 0.228. The minimum Gasteiger partial charge on any atom is -0.245 e. The number of nitrogens with zero attached hydrogens (tertiary/aromatic N) is 1. The molecule has 0 spiro atoms. The smallest absolute Gasteiger partial charge is 0.139 e. The number of rotatable bonds is 3. The van der Waals surface area contributed by atoms with Gasteiger partial charge in [-0.25, -0.2) is 4.58 Å². The van der Waals surface area contributed by atoms with E-state index in [9.17, 15) is 0 Å². The predicted molar refractivity (Wildman–Crippen MR) is 37.7 cm³/mol. The van der Waals surface area contributed by atoms with Crippen molar-refractivity contribution in [1.82, 2.24) is 0 Å². The summed E-state index contributed by atoms with van der Waals surface area (Å²) in [7, 11) is 4.13. The number of hydrogen-bond acceptors (Lipinski definition) is 0. The molecule has 0 atom stereocenters. The molecule has 1 heteroatoms. The largest absolute Gasteiger partial charge is 0.245 e. The molecule has 0 saturated carbocycles. The van der Waals surface area contributed by atoms with Gasteiger partial charge in [0.1, 0.15) is 20.3 Å². The third-order valence-electron chi connectivity index (χ3n) is 1.05. The first-order chi connectivity index (χ1) is 3.77. The lowest BCUT2D eigenvalue weighted by molar-refractivity contribution is -0.460. The molecule has 0 radical (unpaired) electrons. The number of hydrogen-bond donors (Lipinski definition) is 0. The van der Waals surface area contributed by atoms with Gasteiger partial charge in [-0.15, -0.1) is 0 Å². The highest BCUT2D eigenvalue weighted by Crippen LogP contribution is 1.88. The molecule has 0 bridgehead atoms. The molecule has 48 valence electrons. The van der Waals surface area contributed by atoms with Gasteiger partial charge in [-0.3, -0.25) is 0 Å². The Bertz CT molecular complexity index is 70.5. The van der Waals surface area contributed by atoms with Gasteiger partial charge in [0.2, 0.25) is 0 Å². The molecule has 0 fully saturated rings. The van der Waals surface area contributed by atoms with Crippen LogP contribution >= 0.6 is 0 Å². The summed E-state index contributed by atoms with van der Waals surface area (Å²) < 4.78 is 2.11. The minimum atomic E-state index is 1.23. The molecule has 0 aliphatic heterocycles. The third-order valence-corrected chi connectivity index (χ3v) is 1.05. The van der Waals surface area contributed by atoms with Crippen molar-refractivity contribution in [3.05, 3.63) is 0 Å². The lowest BCUT2D eigenvalue weighted by Crippen LogP contribution is -1.97. The van der Waals surface area contributed by atoms with Crippen LogP contribution in [-0.4, -0.2) is 24.9 Å². The van der Waals surface area contributed by atoms with Gasteiger partial charge in [0, 0.05) is 6.42 Å². The van der Waals surface area contributed by atoms with Gasteiger partial charge < -0.3 is 0 Å². The predicted octanol–water partition coefficient (Wildman–Crippen LogP) is 1.52. The second-order valence-electron chi connectivity index (χ2n) is 2.29. The Kier molecular flexibility index (Phi) is 4.62. The van der Waals surface area contributed by atoms with Crippen LogP contribution in [0.25, 0.3) is 0 Å². The maximum atomic E-state index is 2.21. The fraction of sp³-hybridized carbons (Fsp3) is 0.857. The Hall–Kier alpha value is -0.330. The first kappa shape index (κ1) is 7.67. The number of unbranched alkanes of at least 4 members (excludes halogenated alkanes) is 2. The molecule has 0 heterocycles. The van der Waals surface area contributed by atoms with Crippen LogP contribution in [0.1, 0.15) is 26.2 Å². The van der Waals surface area contributed by atoms with Gasteiger partial charge in [0.05, 0.1) is 0 Å². The molecule has 0 aliphatic rings. The van der Waals surface area contributed by atoms with Crippen molar-refractivity contribution in [3.63, 3.8) is 0 Å². The zero-order valence-electron chi connectivity index (χ0n) is 6.15. The van der Waals surface area contributed by atoms with Gasteiger partial charge >= 0.3 is 0 Å². The summed E-state index contributed by atoms with van der Waals surface area (Å²) in [6, 6.07) is 0. The van der Waals surface area contributed by atoms with Crippen molar-refractivity contribution >= 4 is 6.21 Å². The molecule has 0 saturated heterocycles. The van der Waals surface area contributed by atoms with Crippen molar-refractivity contribution in [1.29, 1.82) is 0 Å². The van der Waals surface area contributed by atoms with Crippen LogP contribution in [0.5, 0.6) is 0 Å². The maximum Gasteiger partial charge on any atom is 0.139 e. The van der Waals surface area contributed by atoms with E-state index in [4.69, 9.17) is 0 Å². The Morgan fingerprint density at radius 2 is 2.00 bits per heavy atom. The van der Waals surface area contributed by atoms with Gasteiger partial charge in [0.15, 0.2) is 0 Å². The van der Waals surface area contributed by atoms with E-state index >= 15 is 0 Å². The molecule has 8 heavy (non-hydrogen) atoms. The van der Waals surface area contributed by atoms with Crippen molar-refractivity contribution in [2.45, 2.75) is 26.2 Å². The molecule has 0 unspecified atom stereocenters. The third kappa shape index (κ3) is 5.67. The summed E-state index contributed by atoms with van der Waals surface area (Å²) in [5.74, 6) is 0. The van der Waals surface area contributed by atoms with Gasteiger partial charge in [-0.2, -0.15) is 0 Å². The van der Waals surface area contributed by atoms with Gasteiger partial charge in [0.25, 0.3) is 0 Å². The van der Waals surface area contributed by atoms with Crippen molar-refractivity contribution in [2.24, 2.45) is 0 Å². The summed E-state index contributed by atoms with van der Waals surface area (Å²) in [4.78, 5) is 0. The molecular formula is C7H16N+. The van der Waals surface area contributed by atoms with Crippen LogP contribution in [0.3, 0.4) is 0 Å². The topological polar surface area (TPSA) is 3.01 Å². The first-order valence-corrected chi connectivity index (χ1v) is 3.27. The Balaban J connectivity index is 3.03. The van der Waals surface area contributed by atoms with Crippen LogP contribution in [0.15, 0.2) is 0 Å². The van der Waals surface area contributed by atoms with Gasteiger partial charge in [-0.05, 0) is 6.42 Å². The molecule has 0 amide bonds. The molecule has 0 N–H and O–H groups in total. The summed E-state index contributed by atoms with van der Waals surface area (Å²) >= 11 is 0. The average molecular weight is 117 g/mol. The summed E-state index contributed by atoms with van der Waals surface area (Å²) in [6.07, 6.45) is 6.05. The zero-order chi connectivity index (χ0) is 6.41. The Morgan fingerprint density at radius 3 is 2.38 bits per heavy atom. The minimum absolute atomic E-state index is 1.23. The Morgan fingerprint density at radius 1 is 1.38 bits per heavy atom. The average Bonchev–Trinajstić information content (AvgIpc) is 1.66. The summed E-state index contributed by atoms with van der Waals surface area (Å²) in [6.45, 7) is 2.21. The summed E-state index contributed by atoms with van der Waals surface area (Å²) in [5, 5.41) is 0. The van der Waals surface area contributed by atoms with Crippen LogP contribution < -0.4 is 0 Å². The Labute approximate surface area is 52.0 Å². The van der Waals surface area contributed by atoms with Crippen molar-refractivity contribution in [2.75, 3.05) is 14.1 Å². The van der Waals surface area contributed by atoms with E-state index in [0.717, 1.165) is 0 Å². The van der Waals surface area contributed by atoms with Crippen molar-refractivity contribution in [3.8, 4) is 0 Å². The van der Waals surface area contributed by atoms with E-state index in [0.29, 0.717) is 0 Å². The van der Waals surface area contributed by atoms with E-state index in [1.54, 1.807) is 0 Å². The second-order valence-corrected chi connectivity index (χ2v) is 2.29. The normalized spacial score (nSPS) is 8.88. The lowest BCUT2D eigenvalue weighted by atomic mass is 10.3. The molecule has 0 rings (SSSR count). The zero-order valence-corrected chi connectivity index (χ0v) is 6.15. The van der Waals surface area contributed by atoms with E-state index in [-0.39, 0.29) is 0 Å². The molecule has 0 aromatic rings. The standard InChI is InChI=1S/C7H16N/c1-4-5-6-7-8(2)3/h7H,4-6H2,1-3H3/q+1/i1+1,2+1,3+1. The molecule has 1 nitrogen and oxygen atoms in total. The lowest BCUT2D eigenvalue weighted by Gasteiger charge is -1.85. The maximum absolute atomic E-state index is 2.21. The first-order valence-electron chi connectivity index (χ1n) is 3.27. The van der Waals surface area contributed by atoms with E-state index < -0.39 is 0 Å². The molecule has 0 aromatic heterocycles. The molecule has 0 aliphatic carbocycles. The highest BCUT2D eigenvalue weighted by molar-refractivity contribution is 5.50. The van der Waals surface area contributed by atoms with E-state index in [1.165, 1.54) is 19.3 Å². The van der Waals surface area contributed by atoms with Crippen LogP contribution in [0.2, 0.25) is 0 Å². The fourth-order valence-corrected chi connectivity index (χ4v) is 0.554. The van der Waals surface area contributed by atoms with Crippen LogP contribution in [-0.2, 0) is 0 Å². The second kappa shape index (κ2) is 4.82. The summed E-state index contributed by atoms with van der Waals surface area (Å²) in [5.41, 5.74) is 0. The fourth-order valence-electron chi connectivity index (χ4n) is 0.554. The highest BCUT2D eigenvalue weighted by Gasteiger charge is 1.82. The van der Waals surface area contributed by atoms with Crippen LogP contribution in [0, 0.1) is 0 Å². The highest BCUT2D eigenvalue weighted by atomic mass is 15.1. The van der Waals surface area contributed by atoms with E-state index in [1.807, 2.05) is 0 Å². The monoisotopic (exact) mass is 117 g/mol. The van der Waals surface area contributed by atoms with Gasteiger partial charge in [-0.1, -0.05) is 13.3 Å². The van der Waals surface area contributed by atoms with E-state index in [2.05, 4.69) is 31.8 Å².